The minimum Gasteiger partial charge on any atom is -0.457 e. The zero-order valence-electron chi connectivity index (χ0n) is 38.4. The molecule has 0 atom stereocenters. The molecule has 2 aliphatic carbocycles. The van der Waals surface area contributed by atoms with Crippen molar-refractivity contribution in [3.05, 3.63) is 293 Å². The highest BCUT2D eigenvalue weighted by molar-refractivity contribution is 7.99. The summed E-state index contributed by atoms with van der Waals surface area (Å²) in [5.74, 6) is 1.79. The van der Waals surface area contributed by atoms with E-state index in [0.29, 0.717) is 0 Å². The van der Waals surface area contributed by atoms with Crippen molar-refractivity contribution in [1.29, 1.82) is 0 Å². The molecular weight excluding hydrogens is 879 g/mol. The molecule has 16 rings (SSSR count). The van der Waals surface area contributed by atoms with E-state index in [0.717, 1.165) is 28.6 Å². The van der Waals surface area contributed by atoms with E-state index < -0.39 is 10.8 Å². The quantitative estimate of drug-likeness (QED) is 0.164. The predicted octanol–water partition coefficient (Wildman–Crippen LogP) is 17.9. The summed E-state index contributed by atoms with van der Waals surface area (Å²) in [6.07, 6.45) is 0. The Morgan fingerprint density at radius 2 is 0.620 bits per heavy atom. The highest BCUT2D eigenvalue weighted by Crippen LogP contribution is 2.65. The summed E-state index contributed by atoms with van der Waals surface area (Å²) < 4.78 is 6.70. The van der Waals surface area contributed by atoms with E-state index in [1.54, 1.807) is 0 Å². The van der Waals surface area contributed by atoms with Crippen LogP contribution in [0.4, 0.5) is 17.1 Å². The van der Waals surface area contributed by atoms with Crippen LogP contribution in [-0.2, 0) is 10.8 Å². The molecule has 0 saturated heterocycles. The number of fused-ring (bicyclic) bond motifs is 24. The van der Waals surface area contributed by atoms with Gasteiger partial charge in [0, 0.05) is 38.0 Å². The van der Waals surface area contributed by atoms with E-state index in [1.807, 2.05) is 11.8 Å². The molecule has 0 N–H and O–H groups in total. The number of nitrogens with zero attached hydrogens (tertiary/aromatic N) is 1. The molecule has 3 heteroatoms. The van der Waals surface area contributed by atoms with Crippen molar-refractivity contribution in [2.24, 2.45) is 0 Å². The molecule has 2 aliphatic heterocycles. The SMILES string of the molecule is c1ccc2c(c1)Oc1ccccc1C21c2ccccc2-c2cc(N(c3ccc4c(c3)-c3ccccc3C43c4ccccc4Sc4ccccc43)c3ccc4c5ccccc5c5ccccc5c4c3)ccc21. The molecule has 0 radical (unpaired) electrons. The molecular formula is C68H41NOS. The van der Waals surface area contributed by atoms with E-state index in [4.69, 9.17) is 4.74 Å². The fourth-order valence-electron chi connectivity index (χ4n) is 13.5. The third-order valence-corrected chi connectivity index (χ3v) is 17.3. The normalized spacial score (nSPS) is 14.5. The summed E-state index contributed by atoms with van der Waals surface area (Å²) in [6, 6.07) is 92.9. The molecule has 71 heavy (non-hydrogen) atoms. The molecule has 4 aliphatic rings. The molecule has 0 unspecified atom stereocenters. The van der Waals surface area contributed by atoms with Crippen molar-refractivity contribution >= 4 is 61.1 Å². The van der Waals surface area contributed by atoms with Gasteiger partial charge in [-0.25, -0.2) is 0 Å². The fourth-order valence-corrected chi connectivity index (χ4v) is 14.6. The average Bonchev–Trinajstić information content (AvgIpc) is 3.88. The number of benzene rings is 12. The van der Waals surface area contributed by atoms with Crippen LogP contribution in [0.1, 0.15) is 44.5 Å². The van der Waals surface area contributed by atoms with Gasteiger partial charge in [0.2, 0.25) is 0 Å². The first-order valence-corrected chi connectivity index (χ1v) is 25.4. The van der Waals surface area contributed by atoms with Gasteiger partial charge in [0.15, 0.2) is 0 Å². The Balaban J connectivity index is 0.975. The summed E-state index contributed by atoms with van der Waals surface area (Å²) >= 11 is 1.89. The monoisotopic (exact) mass is 919 g/mol. The third kappa shape index (κ3) is 5.08. The molecule has 0 aromatic heterocycles. The maximum absolute atomic E-state index is 6.70. The van der Waals surface area contributed by atoms with Gasteiger partial charge in [-0.2, -0.15) is 0 Å². The first kappa shape index (κ1) is 39.2. The number of rotatable bonds is 3. The number of hydrogen-bond donors (Lipinski definition) is 0. The van der Waals surface area contributed by atoms with E-state index in [9.17, 15) is 0 Å². The first-order valence-electron chi connectivity index (χ1n) is 24.6. The summed E-state index contributed by atoms with van der Waals surface area (Å²) in [5, 5.41) is 7.55. The number of hydrogen-bond acceptors (Lipinski definition) is 3. The minimum atomic E-state index is -0.555. The first-order chi connectivity index (χ1) is 35.2. The summed E-state index contributed by atoms with van der Waals surface area (Å²) in [6.45, 7) is 0. The van der Waals surface area contributed by atoms with Crippen LogP contribution in [0.3, 0.4) is 0 Å². The lowest BCUT2D eigenvalue weighted by Crippen LogP contribution is -2.32. The zero-order chi connectivity index (χ0) is 46.4. The number of ether oxygens (including phenoxy) is 1. The Bertz CT molecular complexity index is 3960. The van der Waals surface area contributed by atoms with Gasteiger partial charge < -0.3 is 9.64 Å². The Morgan fingerprint density at radius 1 is 0.268 bits per heavy atom. The molecule has 12 aromatic rings. The summed E-state index contributed by atoms with van der Waals surface area (Å²) in [5.41, 5.74) is 17.5. The van der Waals surface area contributed by atoms with E-state index >= 15 is 0 Å². The van der Waals surface area contributed by atoms with Crippen LogP contribution >= 0.6 is 11.8 Å². The van der Waals surface area contributed by atoms with Crippen LogP contribution in [0.5, 0.6) is 11.5 Å². The highest BCUT2D eigenvalue weighted by Gasteiger charge is 2.52. The molecule has 2 spiro atoms. The van der Waals surface area contributed by atoms with Crippen LogP contribution in [0.2, 0.25) is 0 Å². The van der Waals surface area contributed by atoms with Crippen LogP contribution in [0.25, 0.3) is 54.6 Å². The van der Waals surface area contributed by atoms with Crippen molar-refractivity contribution in [2.75, 3.05) is 4.90 Å². The Hall–Kier alpha value is -8.63. The number of para-hydroxylation sites is 2. The highest BCUT2D eigenvalue weighted by atomic mass is 32.2. The van der Waals surface area contributed by atoms with E-state index in [-0.39, 0.29) is 0 Å². The van der Waals surface area contributed by atoms with Gasteiger partial charge in [-0.05, 0) is 149 Å². The maximum atomic E-state index is 6.70. The van der Waals surface area contributed by atoms with Crippen molar-refractivity contribution in [3.63, 3.8) is 0 Å². The van der Waals surface area contributed by atoms with Gasteiger partial charge in [-0.1, -0.05) is 200 Å². The molecule has 0 bridgehead atoms. The molecule has 12 aromatic carbocycles. The van der Waals surface area contributed by atoms with Crippen LogP contribution in [-0.4, -0.2) is 0 Å². The molecule has 2 nitrogen and oxygen atoms in total. The second-order valence-electron chi connectivity index (χ2n) is 19.4. The van der Waals surface area contributed by atoms with Crippen molar-refractivity contribution in [2.45, 2.75) is 20.6 Å². The lowest BCUT2D eigenvalue weighted by Gasteiger charge is -2.39. The van der Waals surface area contributed by atoms with Crippen molar-refractivity contribution < 1.29 is 4.74 Å². The van der Waals surface area contributed by atoms with Gasteiger partial charge in [-0.15, -0.1) is 0 Å². The lowest BCUT2D eigenvalue weighted by molar-refractivity contribution is 0.436. The third-order valence-electron chi connectivity index (χ3n) is 16.2. The molecule has 330 valence electrons. The van der Waals surface area contributed by atoms with Crippen LogP contribution in [0, 0.1) is 0 Å². The molecule has 2 heterocycles. The van der Waals surface area contributed by atoms with Gasteiger partial charge in [0.05, 0.1) is 10.8 Å². The van der Waals surface area contributed by atoms with Crippen LogP contribution < -0.4 is 9.64 Å². The lowest BCUT2D eigenvalue weighted by atomic mass is 9.66. The van der Waals surface area contributed by atoms with Gasteiger partial charge in [-0.3, -0.25) is 0 Å². The smallest absolute Gasteiger partial charge is 0.132 e. The molecule has 0 saturated carbocycles. The second-order valence-corrected chi connectivity index (χ2v) is 20.5. The van der Waals surface area contributed by atoms with Gasteiger partial charge in [0.25, 0.3) is 0 Å². The zero-order valence-corrected chi connectivity index (χ0v) is 39.3. The Labute approximate surface area is 416 Å². The largest absolute Gasteiger partial charge is 0.457 e. The summed E-state index contributed by atoms with van der Waals surface area (Å²) in [4.78, 5) is 5.12. The maximum Gasteiger partial charge on any atom is 0.132 e. The van der Waals surface area contributed by atoms with Gasteiger partial charge in [0.1, 0.15) is 11.5 Å². The fraction of sp³-hybridized carbons (Fsp3) is 0.0294. The summed E-state index contributed by atoms with van der Waals surface area (Å²) in [7, 11) is 0. The van der Waals surface area contributed by atoms with Crippen molar-refractivity contribution in [1.82, 2.24) is 0 Å². The minimum absolute atomic E-state index is 0.460. The van der Waals surface area contributed by atoms with Crippen LogP contribution in [0.15, 0.2) is 259 Å². The Morgan fingerprint density at radius 3 is 1.14 bits per heavy atom. The second kappa shape index (κ2) is 14.5. The average molecular weight is 920 g/mol. The Kier molecular flexibility index (Phi) is 7.99. The standard InChI is InChI=1S/C68H41NOS/c1-2-19-47-45(17-1)46-18-3-4-20-48(46)52-39-42(33-36-49(47)52)69(43-34-37-57-53(40-43)50-21-5-7-23-55(50)67(57)59-25-9-13-29-63(59)70-64-30-14-10-26-60(64)67)44-35-38-58-54(41-44)51-22-6-8-24-56(51)68(58)61-27-11-15-31-65(61)71-66-32-16-12-28-62(66)68/h1-41H. The number of anilines is 3. The molecule has 0 fully saturated rings. The van der Waals surface area contributed by atoms with Gasteiger partial charge >= 0.3 is 0 Å². The predicted molar refractivity (Wildman–Crippen MR) is 292 cm³/mol. The molecule has 0 amide bonds. The van der Waals surface area contributed by atoms with E-state index in [1.165, 1.54) is 109 Å². The van der Waals surface area contributed by atoms with Crippen molar-refractivity contribution in [3.8, 4) is 33.8 Å². The topological polar surface area (TPSA) is 12.5 Å². The van der Waals surface area contributed by atoms with E-state index in [2.05, 4.69) is 254 Å².